The summed E-state index contributed by atoms with van der Waals surface area (Å²) in [7, 11) is 0. The summed E-state index contributed by atoms with van der Waals surface area (Å²) in [6.07, 6.45) is 0.405. The Morgan fingerprint density at radius 2 is 2.00 bits per heavy atom. The number of Topliss-reactive ketones (excluding diaryl/α,β-unsaturated/α-hetero) is 1. The highest BCUT2D eigenvalue weighted by molar-refractivity contribution is 6.05. The first-order chi connectivity index (χ1) is 11.2. The Morgan fingerprint density at radius 3 is 2.62 bits per heavy atom. The van der Waals surface area contributed by atoms with Crippen LogP contribution in [0.15, 0.2) is 16.9 Å². The molecule has 1 unspecified atom stereocenters. The van der Waals surface area contributed by atoms with Crippen LogP contribution in [0.5, 0.6) is 0 Å². The molecule has 1 spiro atoms. The number of benzene rings is 1. The number of alkyl halides is 2. The minimum absolute atomic E-state index is 0.172. The Morgan fingerprint density at radius 1 is 1.25 bits per heavy atom. The first kappa shape index (κ1) is 15.4. The smallest absolute Gasteiger partial charge is 0.261 e. The maximum atomic E-state index is 13.8. The van der Waals surface area contributed by atoms with Crippen molar-refractivity contribution in [3.05, 3.63) is 39.4 Å². The van der Waals surface area contributed by atoms with Gasteiger partial charge in [0.1, 0.15) is 5.82 Å². The monoisotopic (exact) mass is 332 g/mol. The van der Waals surface area contributed by atoms with Gasteiger partial charge >= 0.3 is 0 Å². The van der Waals surface area contributed by atoms with Crippen LogP contribution in [0.4, 0.5) is 8.78 Å². The van der Waals surface area contributed by atoms with Gasteiger partial charge in [-0.05, 0) is 44.4 Å². The lowest BCUT2D eigenvalue weighted by Gasteiger charge is -2.22. The zero-order valence-electron chi connectivity index (χ0n) is 13.7. The molecule has 2 aromatic rings. The average Bonchev–Trinajstić information content (AvgIpc) is 3.00. The van der Waals surface area contributed by atoms with Crippen LogP contribution in [0.3, 0.4) is 0 Å². The molecule has 126 valence electrons. The lowest BCUT2D eigenvalue weighted by molar-refractivity contribution is 0.00242. The molecule has 0 saturated heterocycles. The van der Waals surface area contributed by atoms with E-state index in [1.54, 1.807) is 12.1 Å². The maximum Gasteiger partial charge on any atom is 0.261 e. The molecule has 1 aromatic carbocycles. The van der Waals surface area contributed by atoms with Crippen LogP contribution in [-0.2, 0) is 12.0 Å². The van der Waals surface area contributed by atoms with Crippen LogP contribution in [0, 0.1) is 6.92 Å². The summed E-state index contributed by atoms with van der Waals surface area (Å²) < 4.78 is 29.2. The molecule has 1 fully saturated rings. The van der Waals surface area contributed by atoms with Crippen molar-refractivity contribution in [3.63, 3.8) is 0 Å². The van der Waals surface area contributed by atoms with Gasteiger partial charge in [0.2, 0.25) is 5.92 Å². The number of aryl methyl sites for hydroxylation is 1. The quantitative estimate of drug-likeness (QED) is 0.753. The highest BCUT2D eigenvalue weighted by Gasteiger charge is 2.54. The molecule has 1 aliphatic heterocycles. The summed E-state index contributed by atoms with van der Waals surface area (Å²) in [6, 6.07) is 3.43. The molecule has 2 heterocycles. The fraction of sp³-hybridized carbons (Fsp3) is 0.500. The molecule has 1 aliphatic carbocycles. The fourth-order valence-corrected chi connectivity index (χ4v) is 4.29. The zero-order valence-corrected chi connectivity index (χ0v) is 13.7. The van der Waals surface area contributed by atoms with Gasteiger partial charge in [0.15, 0.2) is 5.78 Å². The van der Waals surface area contributed by atoms with Gasteiger partial charge in [0.25, 0.3) is 5.56 Å². The van der Waals surface area contributed by atoms with Crippen molar-refractivity contribution < 1.29 is 13.6 Å². The lowest BCUT2D eigenvalue weighted by Crippen LogP contribution is -2.28. The van der Waals surface area contributed by atoms with E-state index in [1.807, 2.05) is 6.92 Å². The number of rotatable bonds is 1. The molecular weight excluding hydrogens is 314 g/mol. The largest absolute Gasteiger partial charge is 0.296 e. The molecular formula is C18H18F2N2O2. The summed E-state index contributed by atoms with van der Waals surface area (Å²) >= 11 is 0. The summed E-state index contributed by atoms with van der Waals surface area (Å²) in [5.74, 6) is -2.45. The van der Waals surface area contributed by atoms with Crippen molar-refractivity contribution in [3.8, 4) is 0 Å². The number of ketones is 1. The van der Waals surface area contributed by atoms with Crippen molar-refractivity contribution in [2.24, 2.45) is 0 Å². The molecule has 4 rings (SSSR count). The Hall–Kier alpha value is -2.11. The van der Waals surface area contributed by atoms with Gasteiger partial charge in [-0.25, -0.2) is 13.8 Å². The van der Waals surface area contributed by atoms with Crippen molar-refractivity contribution in [2.75, 3.05) is 0 Å². The number of carbonyl (C=O) groups is 1. The van der Waals surface area contributed by atoms with Crippen molar-refractivity contribution >= 4 is 16.7 Å². The lowest BCUT2D eigenvalue weighted by atomic mass is 9.84. The van der Waals surface area contributed by atoms with Gasteiger partial charge in [0.05, 0.1) is 10.9 Å². The number of halogens is 2. The number of hydrogen-bond acceptors (Lipinski definition) is 3. The topological polar surface area (TPSA) is 52.0 Å². The number of hydrogen-bond donors (Lipinski definition) is 0. The van der Waals surface area contributed by atoms with E-state index < -0.39 is 11.3 Å². The van der Waals surface area contributed by atoms with Gasteiger partial charge < -0.3 is 0 Å². The molecule has 0 bridgehead atoms. The molecule has 0 N–H and O–H groups in total. The minimum atomic E-state index is -2.71. The summed E-state index contributed by atoms with van der Waals surface area (Å²) in [6.45, 7) is 3.67. The first-order valence-electron chi connectivity index (χ1n) is 8.17. The molecule has 2 aliphatic rings. The molecule has 0 amide bonds. The molecule has 4 nitrogen and oxygen atoms in total. The van der Waals surface area contributed by atoms with Gasteiger partial charge in [-0.1, -0.05) is 0 Å². The highest BCUT2D eigenvalue weighted by Crippen LogP contribution is 2.52. The Kier molecular flexibility index (Phi) is 3.03. The second-order valence-corrected chi connectivity index (χ2v) is 7.22. The van der Waals surface area contributed by atoms with Gasteiger partial charge in [-0.15, -0.1) is 0 Å². The number of nitrogens with zero attached hydrogens (tertiary/aromatic N) is 2. The SMILES string of the molecule is CC(=O)c1cc(C)cc2c(=O)n3c(nc12)C1(CC3)CCC(F)(F)C1. The highest BCUT2D eigenvalue weighted by atomic mass is 19.3. The summed E-state index contributed by atoms with van der Waals surface area (Å²) in [5.41, 5.74) is 0.578. The third-order valence-electron chi connectivity index (χ3n) is 5.44. The Balaban J connectivity index is 2.03. The van der Waals surface area contributed by atoms with Gasteiger partial charge in [-0.2, -0.15) is 0 Å². The third-order valence-corrected chi connectivity index (χ3v) is 5.44. The average molecular weight is 332 g/mol. The van der Waals surface area contributed by atoms with E-state index >= 15 is 0 Å². The number of carbonyl (C=O) groups excluding carboxylic acids is 1. The molecule has 1 aromatic heterocycles. The van der Waals surface area contributed by atoms with E-state index in [0.29, 0.717) is 41.7 Å². The van der Waals surface area contributed by atoms with E-state index in [2.05, 4.69) is 4.98 Å². The second kappa shape index (κ2) is 4.71. The molecule has 0 radical (unpaired) electrons. The van der Waals surface area contributed by atoms with E-state index in [1.165, 1.54) is 11.5 Å². The first-order valence-corrected chi connectivity index (χ1v) is 8.17. The number of aromatic nitrogens is 2. The molecule has 24 heavy (non-hydrogen) atoms. The molecule has 1 saturated carbocycles. The third kappa shape index (κ3) is 2.05. The second-order valence-electron chi connectivity index (χ2n) is 7.22. The van der Waals surface area contributed by atoms with E-state index in [-0.39, 0.29) is 24.2 Å². The number of fused-ring (bicyclic) bond motifs is 3. The van der Waals surface area contributed by atoms with E-state index in [0.717, 1.165) is 5.56 Å². The van der Waals surface area contributed by atoms with Crippen molar-refractivity contribution in [1.29, 1.82) is 0 Å². The van der Waals surface area contributed by atoms with Gasteiger partial charge in [-0.3, -0.25) is 14.2 Å². The normalized spacial score (nSPS) is 24.7. The summed E-state index contributed by atoms with van der Waals surface area (Å²) in [5, 5.41) is 0.394. The molecule has 1 atom stereocenters. The summed E-state index contributed by atoms with van der Waals surface area (Å²) in [4.78, 5) is 29.4. The van der Waals surface area contributed by atoms with Crippen LogP contribution >= 0.6 is 0 Å². The Labute approximate surface area is 137 Å². The van der Waals surface area contributed by atoms with Crippen LogP contribution < -0.4 is 5.56 Å². The predicted molar refractivity (Wildman–Crippen MR) is 85.8 cm³/mol. The maximum absolute atomic E-state index is 13.8. The molecule has 6 heteroatoms. The van der Waals surface area contributed by atoms with E-state index in [4.69, 9.17) is 0 Å². The van der Waals surface area contributed by atoms with Crippen LogP contribution in [0.1, 0.15) is 54.4 Å². The minimum Gasteiger partial charge on any atom is -0.296 e. The standard InChI is InChI=1S/C18H18F2N2O2/c1-10-7-12(11(2)23)14-13(8-10)15(24)22-6-5-17(16(22)21-14)3-4-18(19,20)9-17/h7-8H,3-6,9H2,1-2H3. The van der Waals surface area contributed by atoms with Gasteiger partial charge in [0, 0.05) is 30.4 Å². The zero-order chi connectivity index (χ0) is 17.3. The van der Waals surface area contributed by atoms with Crippen molar-refractivity contribution in [1.82, 2.24) is 9.55 Å². The van der Waals surface area contributed by atoms with E-state index in [9.17, 15) is 18.4 Å². The predicted octanol–water partition coefficient (Wildman–Crippen LogP) is 3.37. The van der Waals surface area contributed by atoms with Crippen molar-refractivity contribution in [2.45, 2.75) is 57.4 Å². The van der Waals surface area contributed by atoms with Crippen LogP contribution in [0.25, 0.3) is 10.9 Å². The van der Waals surface area contributed by atoms with Crippen LogP contribution in [-0.4, -0.2) is 21.3 Å². The van der Waals surface area contributed by atoms with Crippen LogP contribution in [0.2, 0.25) is 0 Å². The fourth-order valence-electron chi connectivity index (χ4n) is 4.29. The Bertz CT molecular complexity index is 948.